The first-order valence-corrected chi connectivity index (χ1v) is 9.48. The molecule has 1 aromatic rings. The number of amides is 1. The molecule has 0 aliphatic carbocycles. The van der Waals surface area contributed by atoms with Crippen LogP contribution in [0.2, 0.25) is 0 Å². The van der Waals surface area contributed by atoms with Crippen molar-refractivity contribution in [3.8, 4) is 0 Å². The van der Waals surface area contributed by atoms with Crippen molar-refractivity contribution < 1.29 is 9.59 Å². The van der Waals surface area contributed by atoms with Crippen molar-refractivity contribution in [2.45, 2.75) is 53.4 Å². The van der Waals surface area contributed by atoms with Gasteiger partial charge in [0.25, 0.3) is 0 Å². The van der Waals surface area contributed by atoms with Gasteiger partial charge >= 0.3 is 0 Å². The van der Waals surface area contributed by atoms with Gasteiger partial charge in [0.2, 0.25) is 5.91 Å². The normalized spacial score (nSPS) is 13.9. The molecule has 1 unspecified atom stereocenters. The Bertz CT molecular complexity index is 733. The smallest absolute Gasteiger partial charge is 0.246 e. The first kappa shape index (κ1) is 22.6. The Morgan fingerprint density at radius 1 is 1.15 bits per heavy atom. The zero-order valence-electron chi connectivity index (χ0n) is 17.6. The number of allylic oxidation sites excluding steroid dienone is 4. The van der Waals surface area contributed by atoms with E-state index < -0.39 is 0 Å². The van der Waals surface area contributed by atoms with Gasteiger partial charge in [0.15, 0.2) is 5.78 Å². The van der Waals surface area contributed by atoms with E-state index in [0.717, 1.165) is 12.0 Å². The van der Waals surface area contributed by atoms with E-state index in [1.165, 1.54) is 5.56 Å². The third kappa shape index (κ3) is 7.38. The maximum Gasteiger partial charge on any atom is 0.246 e. The van der Waals surface area contributed by atoms with Gasteiger partial charge in [-0.05, 0) is 42.0 Å². The standard InChI is InChI=1S/C24H33NO2/c1-8-21(19-12-10-9-11-13-19)17(2)14-20(15-18(3)23(27)25-7)22(26)16-24(4,5)6/h9-15,21H,2,8,16H2,1,3-7H3,(H,25,27)/b18-15+,20-14+. The van der Waals surface area contributed by atoms with E-state index in [2.05, 4.69) is 31.0 Å². The summed E-state index contributed by atoms with van der Waals surface area (Å²) in [6.07, 6.45) is 4.82. The summed E-state index contributed by atoms with van der Waals surface area (Å²) >= 11 is 0. The van der Waals surface area contributed by atoms with Crippen molar-refractivity contribution >= 4 is 11.7 Å². The molecule has 27 heavy (non-hydrogen) atoms. The number of benzene rings is 1. The summed E-state index contributed by atoms with van der Waals surface area (Å²) in [5, 5.41) is 2.60. The summed E-state index contributed by atoms with van der Waals surface area (Å²) in [6.45, 7) is 14.2. The van der Waals surface area contributed by atoms with Crippen LogP contribution in [0.1, 0.15) is 58.9 Å². The summed E-state index contributed by atoms with van der Waals surface area (Å²) in [4.78, 5) is 24.8. The molecule has 0 spiro atoms. The number of rotatable bonds is 8. The highest BCUT2D eigenvalue weighted by atomic mass is 16.1. The molecule has 0 aliphatic heterocycles. The SMILES string of the molecule is C=C(/C=C(\C=C(/C)C(=O)NC)C(=O)CC(C)(C)C)C(CC)c1ccccc1. The maximum absolute atomic E-state index is 12.9. The molecule has 0 saturated carbocycles. The molecule has 0 bridgehead atoms. The van der Waals surface area contributed by atoms with Crippen LogP contribution in [0.3, 0.4) is 0 Å². The van der Waals surface area contributed by atoms with E-state index in [4.69, 9.17) is 0 Å². The molecule has 3 heteroatoms. The van der Waals surface area contributed by atoms with Crippen LogP contribution < -0.4 is 5.32 Å². The minimum absolute atomic E-state index is 0.0230. The van der Waals surface area contributed by atoms with Crippen LogP contribution in [0.25, 0.3) is 0 Å². The van der Waals surface area contributed by atoms with Crippen molar-refractivity contribution in [2.24, 2.45) is 5.41 Å². The number of nitrogens with one attached hydrogen (secondary N) is 1. The van der Waals surface area contributed by atoms with Crippen molar-refractivity contribution in [3.05, 3.63) is 71.3 Å². The number of hydrogen-bond acceptors (Lipinski definition) is 2. The fourth-order valence-electron chi connectivity index (χ4n) is 2.98. The van der Waals surface area contributed by atoms with Crippen molar-refractivity contribution in [2.75, 3.05) is 7.05 Å². The van der Waals surface area contributed by atoms with E-state index in [9.17, 15) is 9.59 Å². The molecule has 0 aliphatic rings. The van der Waals surface area contributed by atoms with Gasteiger partial charge in [-0.3, -0.25) is 9.59 Å². The molecule has 3 nitrogen and oxygen atoms in total. The Morgan fingerprint density at radius 2 is 1.74 bits per heavy atom. The summed E-state index contributed by atoms with van der Waals surface area (Å²) in [5.41, 5.74) is 2.96. The highest BCUT2D eigenvalue weighted by molar-refractivity contribution is 6.02. The Labute approximate surface area is 164 Å². The third-order valence-corrected chi connectivity index (χ3v) is 4.37. The van der Waals surface area contributed by atoms with Gasteiger partial charge in [0, 0.05) is 30.5 Å². The molecule has 1 aromatic carbocycles. The lowest BCUT2D eigenvalue weighted by molar-refractivity contribution is -0.117. The Balaban J connectivity index is 3.29. The van der Waals surface area contributed by atoms with Gasteiger partial charge in [0.1, 0.15) is 0 Å². The highest BCUT2D eigenvalue weighted by Crippen LogP contribution is 2.29. The van der Waals surface area contributed by atoms with E-state index in [0.29, 0.717) is 17.6 Å². The van der Waals surface area contributed by atoms with Crippen LogP contribution in [-0.4, -0.2) is 18.7 Å². The average molecular weight is 368 g/mol. The van der Waals surface area contributed by atoms with Gasteiger partial charge in [0.05, 0.1) is 0 Å². The molecule has 0 radical (unpaired) electrons. The summed E-state index contributed by atoms with van der Waals surface area (Å²) in [5.74, 6) is -0.0302. The third-order valence-electron chi connectivity index (χ3n) is 4.37. The monoisotopic (exact) mass is 367 g/mol. The molecule has 0 aromatic heterocycles. The van der Waals surface area contributed by atoms with Crippen LogP contribution in [0.4, 0.5) is 0 Å². The molecule has 1 rings (SSSR count). The van der Waals surface area contributed by atoms with E-state index in [-0.39, 0.29) is 23.0 Å². The van der Waals surface area contributed by atoms with Crippen molar-refractivity contribution in [3.63, 3.8) is 0 Å². The fourth-order valence-corrected chi connectivity index (χ4v) is 2.98. The van der Waals surface area contributed by atoms with E-state index >= 15 is 0 Å². The minimum atomic E-state index is -0.190. The number of likely N-dealkylation sites (N-methyl/N-ethyl adjacent to an activating group) is 1. The van der Waals surface area contributed by atoms with Crippen LogP contribution >= 0.6 is 0 Å². The summed E-state index contributed by atoms with van der Waals surface area (Å²) in [6, 6.07) is 10.2. The predicted molar refractivity (Wildman–Crippen MR) is 114 cm³/mol. The zero-order valence-corrected chi connectivity index (χ0v) is 17.6. The molecule has 1 N–H and O–H groups in total. The second-order valence-electron chi connectivity index (χ2n) is 8.11. The quantitative estimate of drug-likeness (QED) is 0.496. The van der Waals surface area contributed by atoms with Crippen LogP contribution in [0.15, 0.2) is 65.8 Å². The van der Waals surface area contributed by atoms with Gasteiger partial charge < -0.3 is 5.32 Å². The molecular formula is C24H33NO2. The molecule has 0 heterocycles. The van der Waals surface area contributed by atoms with Gasteiger partial charge in [-0.1, -0.05) is 64.6 Å². The van der Waals surface area contributed by atoms with Crippen LogP contribution in [0.5, 0.6) is 0 Å². The Hall–Kier alpha value is -2.42. The lowest BCUT2D eigenvalue weighted by Crippen LogP contribution is -2.20. The minimum Gasteiger partial charge on any atom is -0.355 e. The number of Topliss-reactive ketones (excluding diaryl/α,β-unsaturated/α-hetero) is 1. The maximum atomic E-state index is 12.9. The van der Waals surface area contributed by atoms with Crippen molar-refractivity contribution in [1.82, 2.24) is 5.32 Å². The second kappa shape index (κ2) is 10.1. The lowest BCUT2D eigenvalue weighted by atomic mass is 9.84. The Morgan fingerprint density at radius 3 is 2.22 bits per heavy atom. The van der Waals surface area contributed by atoms with Gasteiger partial charge in [-0.15, -0.1) is 0 Å². The zero-order chi connectivity index (χ0) is 20.6. The first-order chi connectivity index (χ1) is 12.6. The largest absolute Gasteiger partial charge is 0.355 e. The highest BCUT2D eigenvalue weighted by Gasteiger charge is 2.20. The molecule has 0 saturated heterocycles. The predicted octanol–water partition coefficient (Wildman–Crippen LogP) is 5.36. The molecule has 1 atom stereocenters. The number of hydrogen-bond donors (Lipinski definition) is 1. The summed E-state index contributed by atoms with van der Waals surface area (Å²) in [7, 11) is 1.58. The number of carbonyl (C=O) groups excluding carboxylic acids is 2. The molecule has 146 valence electrons. The van der Waals surface area contributed by atoms with E-state index in [1.807, 2.05) is 45.0 Å². The average Bonchev–Trinajstić information content (AvgIpc) is 2.60. The fraction of sp³-hybridized carbons (Fsp3) is 0.417. The lowest BCUT2D eigenvalue weighted by Gasteiger charge is -2.19. The van der Waals surface area contributed by atoms with Crippen LogP contribution in [0, 0.1) is 5.41 Å². The van der Waals surface area contributed by atoms with Crippen molar-refractivity contribution in [1.29, 1.82) is 0 Å². The topological polar surface area (TPSA) is 46.2 Å². The molecule has 1 amide bonds. The molecular weight excluding hydrogens is 334 g/mol. The van der Waals surface area contributed by atoms with Gasteiger partial charge in [-0.25, -0.2) is 0 Å². The van der Waals surface area contributed by atoms with Crippen LogP contribution in [-0.2, 0) is 9.59 Å². The van der Waals surface area contributed by atoms with E-state index in [1.54, 1.807) is 20.0 Å². The Kier molecular flexibility index (Phi) is 8.42. The van der Waals surface area contributed by atoms with Gasteiger partial charge in [-0.2, -0.15) is 0 Å². The number of ketones is 1. The molecule has 0 fully saturated rings. The number of carbonyl (C=O) groups is 2. The summed E-state index contributed by atoms with van der Waals surface area (Å²) < 4.78 is 0. The first-order valence-electron chi connectivity index (χ1n) is 9.48. The second-order valence-corrected chi connectivity index (χ2v) is 8.11.